The number of carbonyl (C=O) groups excluding carboxylic acids is 1. The summed E-state index contributed by atoms with van der Waals surface area (Å²) in [7, 11) is 0. The van der Waals surface area contributed by atoms with Crippen LogP contribution in [0.15, 0.2) is 84.4 Å². The van der Waals surface area contributed by atoms with Crippen molar-refractivity contribution in [2.24, 2.45) is 0 Å². The highest BCUT2D eigenvalue weighted by molar-refractivity contribution is 6.09. The fourth-order valence-electron chi connectivity index (χ4n) is 2.61. The standard InChI is InChI=1S/C24H20N2O2/c1-18-11-13-22(14-12-18)26-24(27)21(16-25)15-20-9-5-6-10-23(20)28-17-19-7-3-2-4-8-19/h2-15H,17H2,1H3,(H,26,27)/b21-15-. The molecule has 3 aromatic carbocycles. The topological polar surface area (TPSA) is 62.1 Å². The number of para-hydroxylation sites is 1. The Morgan fingerprint density at radius 1 is 1.00 bits per heavy atom. The number of carbonyl (C=O) groups is 1. The Labute approximate surface area is 164 Å². The van der Waals surface area contributed by atoms with Crippen LogP contribution in [0, 0.1) is 18.3 Å². The third kappa shape index (κ3) is 5.09. The molecule has 4 nitrogen and oxygen atoms in total. The van der Waals surface area contributed by atoms with Crippen LogP contribution in [0.5, 0.6) is 5.75 Å². The molecule has 0 heterocycles. The Morgan fingerprint density at radius 2 is 1.68 bits per heavy atom. The second-order valence-corrected chi connectivity index (χ2v) is 6.30. The van der Waals surface area contributed by atoms with Gasteiger partial charge in [-0.3, -0.25) is 4.79 Å². The van der Waals surface area contributed by atoms with E-state index in [1.807, 2.05) is 79.7 Å². The molecule has 0 unspecified atom stereocenters. The molecule has 1 N–H and O–H groups in total. The first-order valence-corrected chi connectivity index (χ1v) is 8.91. The van der Waals surface area contributed by atoms with Gasteiger partial charge in [-0.1, -0.05) is 66.2 Å². The van der Waals surface area contributed by atoms with Gasteiger partial charge in [0.1, 0.15) is 24.0 Å². The first-order chi connectivity index (χ1) is 13.7. The normalized spacial score (nSPS) is 10.8. The molecule has 0 aliphatic rings. The van der Waals surface area contributed by atoms with Crippen molar-refractivity contribution < 1.29 is 9.53 Å². The van der Waals surface area contributed by atoms with E-state index in [1.165, 1.54) is 0 Å². The Morgan fingerprint density at radius 3 is 2.39 bits per heavy atom. The molecular formula is C24H20N2O2. The number of nitriles is 1. The average Bonchev–Trinajstić information content (AvgIpc) is 2.73. The maximum Gasteiger partial charge on any atom is 0.266 e. The molecule has 4 heteroatoms. The largest absolute Gasteiger partial charge is 0.488 e. The molecule has 28 heavy (non-hydrogen) atoms. The number of ether oxygens (including phenoxy) is 1. The van der Waals surface area contributed by atoms with Crippen LogP contribution in [0.25, 0.3) is 6.08 Å². The van der Waals surface area contributed by atoms with Gasteiger partial charge in [0, 0.05) is 11.3 Å². The summed E-state index contributed by atoms with van der Waals surface area (Å²) in [4.78, 5) is 12.5. The number of anilines is 1. The first kappa shape index (κ1) is 18.9. The molecule has 1 amide bonds. The van der Waals surface area contributed by atoms with Gasteiger partial charge in [-0.15, -0.1) is 0 Å². The summed E-state index contributed by atoms with van der Waals surface area (Å²) in [6.45, 7) is 2.38. The van der Waals surface area contributed by atoms with Crippen LogP contribution in [0.4, 0.5) is 5.69 Å². The lowest BCUT2D eigenvalue weighted by molar-refractivity contribution is -0.112. The van der Waals surface area contributed by atoms with Gasteiger partial charge in [0.25, 0.3) is 5.91 Å². The molecule has 0 spiro atoms. The van der Waals surface area contributed by atoms with Crippen molar-refractivity contribution in [3.8, 4) is 11.8 Å². The van der Waals surface area contributed by atoms with Crippen LogP contribution >= 0.6 is 0 Å². The van der Waals surface area contributed by atoms with E-state index in [1.54, 1.807) is 18.2 Å². The van der Waals surface area contributed by atoms with E-state index in [-0.39, 0.29) is 5.57 Å². The van der Waals surface area contributed by atoms with Gasteiger partial charge in [-0.05, 0) is 36.8 Å². The number of amides is 1. The predicted molar refractivity (Wildman–Crippen MR) is 111 cm³/mol. The van der Waals surface area contributed by atoms with E-state index in [4.69, 9.17) is 4.74 Å². The van der Waals surface area contributed by atoms with Gasteiger partial charge in [0.15, 0.2) is 0 Å². The minimum atomic E-state index is -0.454. The Hall–Kier alpha value is -3.84. The molecule has 0 saturated heterocycles. The van der Waals surface area contributed by atoms with E-state index in [0.29, 0.717) is 23.6 Å². The lowest BCUT2D eigenvalue weighted by Crippen LogP contribution is -2.13. The van der Waals surface area contributed by atoms with Crippen molar-refractivity contribution in [1.82, 2.24) is 0 Å². The molecule has 0 atom stereocenters. The zero-order valence-corrected chi connectivity index (χ0v) is 15.6. The zero-order valence-electron chi connectivity index (χ0n) is 15.6. The summed E-state index contributed by atoms with van der Waals surface area (Å²) in [6.07, 6.45) is 1.55. The number of nitrogens with one attached hydrogen (secondary N) is 1. The number of nitrogens with zero attached hydrogens (tertiary/aromatic N) is 1. The summed E-state index contributed by atoms with van der Waals surface area (Å²) in [6, 6.07) is 26.5. The fraction of sp³-hybridized carbons (Fsp3) is 0.0833. The van der Waals surface area contributed by atoms with Gasteiger partial charge >= 0.3 is 0 Å². The number of benzene rings is 3. The molecule has 3 rings (SSSR count). The summed E-state index contributed by atoms with van der Waals surface area (Å²) in [5.74, 6) is 0.159. The quantitative estimate of drug-likeness (QED) is 0.485. The van der Waals surface area contributed by atoms with Gasteiger partial charge in [0.05, 0.1) is 0 Å². The molecule has 138 valence electrons. The van der Waals surface area contributed by atoms with Gasteiger partial charge in [0.2, 0.25) is 0 Å². The molecule has 3 aromatic rings. The van der Waals surface area contributed by atoms with E-state index in [0.717, 1.165) is 11.1 Å². The number of aryl methyl sites for hydroxylation is 1. The Bertz CT molecular complexity index is 1020. The van der Waals surface area contributed by atoms with E-state index in [2.05, 4.69) is 5.32 Å². The van der Waals surface area contributed by atoms with Crippen LogP contribution in [0.3, 0.4) is 0 Å². The van der Waals surface area contributed by atoms with Gasteiger partial charge in [-0.2, -0.15) is 5.26 Å². The van der Waals surface area contributed by atoms with Crippen LogP contribution in [0.2, 0.25) is 0 Å². The molecule has 0 bridgehead atoms. The second kappa shape index (κ2) is 9.20. The second-order valence-electron chi connectivity index (χ2n) is 6.30. The highest BCUT2D eigenvalue weighted by Crippen LogP contribution is 2.22. The smallest absolute Gasteiger partial charge is 0.266 e. The first-order valence-electron chi connectivity index (χ1n) is 8.91. The SMILES string of the molecule is Cc1ccc(NC(=O)/C(C#N)=C\c2ccccc2OCc2ccccc2)cc1. The lowest BCUT2D eigenvalue weighted by atomic mass is 10.1. The van der Waals surface area contributed by atoms with Crippen molar-refractivity contribution in [3.05, 3.63) is 101 Å². The summed E-state index contributed by atoms with van der Waals surface area (Å²) < 4.78 is 5.89. The summed E-state index contributed by atoms with van der Waals surface area (Å²) >= 11 is 0. The molecule has 0 fully saturated rings. The van der Waals surface area contributed by atoms with Crippen LogP contribution in [-0.2, 0) is 11.4 Å². The third-order valence-corrected chi connectivity index (χ3v) is 4.13. The van der Waals surface area contributed by atoms with E-state index < -0.39 is 5.91 Å². The Balaban J connectivity index is 1.77. The number of hydrogen-bond acceptors (Lipinski definition) is 3. The van der Waals surface area contributed by atoms with Gasteiger partial charge < -0.3 is 10.1 Å². The van der Waals surface area contributed by atoms with Crippen molar-refractivity contribution in [1.29, 1.82) is 5.26 Å². The molecule has 0 aliphatic carbocycles. The molecule has 0 saturated carbocycles. The highest BCUT2D eigenvalue weighted by Gasteiger charge is 2.11. The summed E-state index contributed by atoms with van der Waals surface area (Å²) in [5, 5.41) is 12.2. The minimum Gasteiger partial charge on any atom is -0.488 e. The number of rotatable bonds is 6. The maximum atomic E-state index is 12.5. The molecular weight excluding hydrogens is 348 g/mol. The van der Waals surface area contributed by atoms with Crippen molar-refractivity contribution in [2.45, 2.75) is 13.5 Å². The number of hydrogen-bond donors (Lipinski definition) is 1. The van der Waals surface area contributed by atoms with E-state index in [9.17, 15) is 10.1 Å². The van der Waals surface area contributed by atoms with E-state index >= 15 is 0 Å². The van der Waals surface area contributed by atoms with Crippen molar-refractivity contribution >= 4 is 17.7 Å². The summed E-state index contributed by atoms with van der Waals surface area (Å²) in [5.41, 5.74) is 3.47. The zero-order chi connectivity index (χ0) is 19.8. The van der Waals surface area contributed by atoms with Crippen LogP contribution in [-0.4, -0.2) is 5.91 Å². The Kier molecular flexibility index (Phi) is 6.22. The fourth-order valence-corrected chi connectivity index (χ4v) is 2.61. The minimum absolute atomic E-state index is 0.0105. The van der Waals surface area contributed by atoms with Crippen molar-refractivity contribution in [2.75, 3.05) is 5.32 Å². The average molecular weight is 368 g/mol. The third-order valence-electron chi connectivity index (χ3n) is 4.13. The monoisotopic (exact) mass is 368 g/mol. The highest BCUT2D eigenvalue weighted by atomic mass is 16.5. The lowest BCUT2D eigenvalue weighted by Gasteiger charge is -2.10. The molecule has 0 aliphatic heterocycles. The van der Waals surface area contributed by atoms with Crippen molar-refractivity contribution in [3.63, 3.8) is 0 Å². The molecule has 0 aromatic heterocycles. The molecule has 0 radical (unpaired) electrons. The van der Waals surface area contributed by atoms with Crippen LogP contribution in [0.1, 0.15) is 16.7 Å². The van der Waals surface area contributed by atoms with Crippen LogP contribution < -0.4 is 10.1 Å². The predicted octanol–water partition coefficient (Wildman–Crippen LogP) is 5.12. The van der Waals surface area contributed by atoms with Gasteiger partial charge in [-0.25, -0.2) is 0 Å². The maximum absolute atomic E-state index is 12.5.